The van der Waals surface area contributed by atoms with Crippen LogP contribution in [-0.4, -0.2) is 41.9 Å². The van der Waals surface area contributed by atoms with Gasteiger partial charge in [0.2, 0.25) is 11.8 Å². The second-order valence-corrected chi connectivity index (χ2v) is 10.6. The third kappa shape index (κ3) is 5.56. The predicted octanol–water partition coefficient (Wildman–Crippen LogP) is 5.44. The summed E-state index contributed by atoms with van der Waals surface area (Å²) in [6.45, 7) is 4.24. The van der Waals surface area contributed by atoms with Gasteiger partial charge < -0.3 is 15.0 Å². The van der Waals surface area contributed by atoms with Crippen molar-refractivity contribution in [3.8, 4) is 5.75 Å². The number of hydrogen-bond donors (Lipinski definition) is 1. The number of carbonyl (C=O) groups excluding carboxylic acids is 2. The van der Waals surface area contributed by atoms with Gasteiger partial charge >= 0.3 is 0 Å². The minimum absolute atomic E-state index is 0.0917. The molecule has 0 radical (unpaired) electrons. The van der Waals surface area contributed by atoms with Crippen molar-refractivity contribution in [3.63, 3.8) is 0 Å². The van der Waals surface area contributed by atoms with E-state index in [9.17, 15) is 9.59 Å². The molecular formula is C31H36N2O3. The summed E-state index contributed by atoms with van der Waals surface area (Å²) in [5.41, 5.74) is 2.01. The molecule has 5 nitrogen and oxygen atoms in total. The number of nitrogens with one attached hydrogen (secondary N) is 1. The van der Waals surface area contributed by atoms with E-state index in [1.54, 1.807) is 0 Å². The van der Waals surface area contributed by atoms with Crippen LogP contribution in [0.25, 0.3) is 10.8 Å². The van der Waals surface area contributed by atoms with Crippen molar-refractivity contribution < 1.29 is 14.3 Å². The minimum atomic E-state index is -0.361. The van der Waals surface area contributed by atoms with Crippen molar-refractivity contribution in [1.29, 1.82) is 0 Å². The Morgan fingerprint density at radius 2 is 1.89 bits per heavy atom. The number of fused-ring (bicyclic) bond motifs is 1. The SMILES string of the molecule is Cc1ccccc1OC[C@@H]1CCCN(C(=O)CC[C@]2(Cc3cccc4ccccc34)CCC(=O)N2)C1. The Kier molecular flexibility index (Phi) is 7.26. The number of carbonyl (C=O) groups is 2. The van der Waals surface area contributed by atoms with E-state index in [1.807, 2.05) is 23.1 Å². The van der Waals surface area contributed by atoms with E-state index < -0.39 is 0 Å². The van der Waals surface area contributed by atoms with E-state index >= 15 is 0 Å². The Labute approximate surface area is 213 Å². The number of amides is 2. The highest BCUT2D eigenvalue weighted by molar-refractivity contribution is 5.86. The zero-order valence-corrected chi connectivity index (χ0v) is 21.2. The molecule has 0 aromatic heterocycles. The number of piperidine rings is 1. The van der Waals surface area contributed by atoms with E-state index in [0.717, 1.165) is 50.1 Å². The highest BCUT2D eigenvalue weighted by Gasteiger charge is 2.38. The topological polar surface area (TPSA) is 58.6 Å². The number of ether oxygens (including phenoxy) is 1. The number of rotatable bonds is 8. The molecule has 36 heavy (non-hydrogen) atoms. The molecular weight excluding hydrogens is 448 g/mol. The quantitative estimate of drug-likeness (QED) is 0.463. The molecule has 5 heteroatoms. The fourth-order valence-electron chi connectivity index (χ4n) is 5.85. The molecule has 2 heterocycles. The van der Waals surface area contributed by atoms with Gasteiger partial charge in [0.05, 0.1) is 6.61 Å². The van der Waals surface area contributed by atoms with Crippen molar-refractivity contribution in [2.24, 2.45) is 5.92 Å². The molecule has 2 aliphatic rings. The van der Waals surface area contributed by atoms with Crippen LogP contribution in [0.15, 0.2) is 66.7 Å². The summed E-state index contributed by atoms with van der Waals surface area (Å²) < 4.78 is 6.09. The van der Waals surface area contributed by atoms with Gasteiger partial charge in [0.15, 0.2) is 0 Å². The van der Waals surface area contributed by atoms with Gasteiger partial charge in [-0.2, -0.15) is 0 Å². The van der Waals surface area contributed by atoms with Gasteiger partial charge in [-0.3, -0.25) is 9.59 Å². The molecule has 0 unspecified atom stereocenters. The maximum Gasteiger partial charge on any atom is 0.222 e. The van der Waals surface area contributed by atoms with Gasteiger partial charge in [-0.1, -0.05) is 60.7 Å². The van der Waals surface area contributed by atoms with Gasteiger partial charge in [0.25, 0.3) is 0 Å². The summed E-state index contributed by atoms with van der Waals surface area (Å²) >= 11 is 0. The lowest BCUT2D eigenvalue weighted by atomic mass is 9.83. The molecule has 5 rings (SSSR count). The van der Waals surface area contributed by atoms with Crippen LogP contribution in [0.5, 0.6) is 5.75 Å². The zero-order valence-electron chi connectivity index (χ0n) is 21.2. The Hall–Kier alpha value is -3.34. The smallest absolute Gasteiger partial charge is 0.222 e. The first kappa shape index (κ1) is 24.4. The first-order chi connectivity index (χ1) is 17.5. The molecule has 2 aliphatic heterocycles. The first-order valence-corrected chi connectivity index (χ1v) is 13.3. The predicted molar refractivity (Wildman–Crippen MR) is 143 cm³/mol. The number of para-hydroxylation sites is 1. The van der Waals surface area contributed by atoms with Crippen molar-refractivity contribution in [2.45, 2.75) is 57.4 Å². The van der Waals surface area contributed by atoms with Crippen LogP contribution in [0.2, 0.25) is 0 Å². The van der Waals surface area contributed by atoms with Gasteiger partial charge in [0.1, 0.15) is 5.75 Å². The van der Waals surface area contributed by atoms with Crippen LogP contribution in [0.3, 0.4) is 0 Å². The van der Waals surface area contributed by atoms with E-state index in [1.165, 1.54) is 16.3 Å². The number of nitrogens with zero attached hydrogens (tertiary/aromatic N) is 1. The maximum atomic E-state index is 13.3. The molecule has 1 N–H and O–H groups in total. The molecule has 0 bridgehead atoms. The molecule has 2 saturated heterocycles. The summed E-state index contributed by atoms with van der Waals surface area (Å²) in [6, 6.07) is 22.8. The molecule has 0 saturated carbocycles. The standard InChI is InChI=1S/C31H36N2O3/c1-23-8-2-5-14-28(23)36-22-24-9-7-19-33(21-24)30(35)16-18-31(17-15-29(34)32-31)20-26-12-6-11-25-10-3-4-13-27(25)26/h2-6,8,10-14,24H,7,9,15-22H2,1H3,(H,32,34)/t24-,31+/m1/s1. The van der Waals surface area contributed by atoms with Crippen LogP contribution in [0.4, 0.5) is 0 Å². The molecule has 2 atom stereocenters. The second-order valence-electron chi connectivity index (χ2n) is 10.6. The van der Waals surface area contributed by atoms with Crippen molar-refractivity contribution in [1.82, 2.24) is 10.2 Å². The van der Waals surface area contributed by atoms with E-state index in [4.69, 9.17) is 4.74 Å². The van der Waals surface area contributed by atoms with Crippen LogP contribution < -0.4 is 10.1 Å². The number of benzene rings is 3. The fraction of sp³-hybridized carbons (Fsp3) is 0.419. The van der Waals surface area contributed by atoms with Crippen molar-refractivity contribution in [2.75, 3.05) is 19.7 Å². The minimum Gasteiger partial charge on any atom is -0.493 e. The molecule has 188 valence electrons. The van der Waals surface area contributed by atoms with Crippen molar-refractivity contribution >= 4 is 22.6 Å². The summed E-state index contributed by atoms with van der Waals surface area (Å²) in [4.78, 5) is 27.6. The second kappa shape index (κ2) is 10.7. The molecule has 3 aromatic carbocycles. The normalized spacial score (nSPS) is 22.0. The lowest BCUT2D eigenvalue weighted by Crippen LogP contribution is -2.46. The Bertz CT molecular complexity index is 1230. The zero-order chi connectivity index (χ0) is 25.0. The van der Waals surface area contributed by atoms with Crippen molar-refractivity contribution in [3.05, 3.63) is 77.9 Å². The average molecular weight is 485 g/mol. The van der Waals surface area contributed by atoms with Crippen LogP contribution >= 0.6 is 0 Å². The third-order valence-corrected chi connectivity index (χ3v) is 7.90. The largest absolute Gasteiger partial charge is 0.493 e. The molecule has 2 fully saturated rings. The summed E-state index contributed by atoms with van der Waals surface area (Å²) in [7, 11) is 0. The van der Waals surface area contributed by atoms with E-state index in [-0.39, 0.29) is 17.4 Å². The average Bonchev–Trinajstić information content (AvgIpc) is 3.27. The fourth-order valence-corrected chi connectivity index (χ4v) is 5.85. The summed E-state index contributed by atoms with van der Waals surface area (Å²) in [5, 5.41) is 5.69. The van der Waals surface area contributed by atoms with Crippen LogP contribution in [-0.2, 0) is 16.0 Å². The molecule has 0 spiro atoms. The summed E-state index contributed by atoms with van der Waals surface area (Å²) in [5.74, 6) is 1.55. The Balaban J connectivity index is 1.21. The Morgan fingerprint density at radius 3 is 2.72 bits per heavy atom. The summed E-state index contributed by atoms with van der Waals surface area (Å²) in [6.07, 6.45) is 5.26. The highest BCUT2D eigenvalue weighted by atomic mass is 16.5. The first-order valence-electron chi connectivity index (χ1n) is 13.3. The highest BCUT2D eigenvalue weighted by Crippen LogP contribution is 2.33. The van der Waals surface area contributed by atoms with E-state index in [2.05, 4.69) is 60.8 Å². The van der Waals surface area contributed by atoms with Crippen LogP contribution in [0.1, 0.15) is 49.7 Å². The van der Waals surface area contributed by atoms with Gasteiger partial charge in [0, 0.05) is 37.4 Å². The monoisotopic (exact) mass is 484 g/mol. The van der Waals surface area contributed by atoms with Crippen LogP contribution in [0, 0.1) is 12.8 Å². The number of hydrogen-bond acceptors (Lipinski definition) is 3. The molecule has 2 amide bonds. The number of likely N-dealkylation sites (tertiary alicyclic amines) is 1. The van der Waals surface area contributed by atoms with Gasteiger partial charge in [-0.25, -0.2) is 0 Å². The molecule has 3 aromatic rings. The number of aryl methyl sites for hydroxylation is 1. The van der Waals surface area contributed by atoms with E-state index in [0.29, 0.717) is 31.8 Å². The molecule has 0 aliphatic carbocycles. The maximum absolute atomic E-state index is 13.3. The third-order valence-electron chi connectivity index (χ3n) is 7.90. The van der Waals surface area contributed by atoms with Gasteiger partial charge in [-0.05, 0) is 67.0 Å². The Morgan fingerprint density at radius 1 is 1.08 bits per heavy atom. The van der Waals surface area contributed by atoms with Gasteiger partial charge in [-0.15, -0.1) is 0 Å². The lowest BCUT2D eigenvalue weighted by molar-refractivity contribution is -0.134. The lowest BCUT2D eigenvalue weighted by Gasteiger charge is -2.35.